The van der Waals surface area contributed by atoms with E-state index in [1.807, 2.05) is 0 Å². The van der Waals surface area contributed by atoms with Crippen LogP contribution in [0.4, 0.5) is 13.2 Å². The van der Waals surface area contributed by atoms with Crippen LogP contribution < -0.4 is 0 Å². The maximum Gasteiger partial charge on any atom is 0.415 e. The van der Waals surface area contributed by atoms with E-state index in [0.717, 1.165) is 11.1 Å². The summed E-state index contributed by atoms with van der Waals surface area (Å²) in [6, 6.07) is 13.7. The quantitative estimate of drug-likeness (QED) is 0.849. The molecule has 2 aromatic rings. The molecule has 24 heavy (non-hydrogen) atoms. The summed E-state index contributed by atoms with van der Waals surface area (Å²) < 4.78 is 75.3. The van der Waals surface area contributed by atoms with Gasteiger partial charge in [-0.3, -0.25) is 4.55 Å². The van der Waals surface area contributed by atoms with E-state index in [1.165, 1.54) is 0 Å². The van der Waals surface area contributed by atoms with Gasteiger partial charge in [0.2, 0.25) is 0 Å². The minimum Gasteiger partial charge on any atom is -0.355 e. The van der Waals surface area contributed by atoms with E-state index in [0.29, 0.717) is 11.1 Å². The summed E-state index contributed by atoms with van der Waals surface area (Å²) in [7, 11) is -4.85. The number of alkyl halides is 3. The normalized spacial score (nSPS) is 15.8. The molecule has 1 aliphatic carbocycles. The molecular weight excluding hydrogens is 345 g/mol. The predicted octanol–water partition coefficient (Wildman–Crippen LogP) is 3.59. The second-order valence-corrected chi connectivity index (χ2v) is 6.97. The minimum absolute atomic E-state index is 0.531. The second kappa shape index (κ2) is 5.87. The molecule has 0 bridgehead atoms. The first-order valence-electron chi connectivity index (χ1n) is 7.02. The van der Waals surface area contributed by atoms with E-state index >= 15 is 0 Å². The van der Waals surface area contributed by atoms with E-state index < -0.39 is 34.3 Å². The Bertz CT molecular complexity index is 816. The molecule has 0 amide bonds. The number of ether oxygens (including phenoxy) is 1. The van der Waals surface area contributed by atoms with Gasteiger partial charge in [0.25, 0.3) is 10.1 Å². The molecule has 0 fully saturated rings. The molecule has 128 valence electrons. The molecule has 0 spiro atoms. The van der Waals surface area contributed by atoms with Crippen molar-refractivity contribution in [1.82, 2.24) is 0 Å². The Morgan fingerprint density at radius 2 is 1.46 bits per heavy atom. The Balaban J connectivity index is 2.02. The monoisotopic (exact) mass is 358 g/mol. The summed E-state index contributed by atoms with van der Waals surface area (Å²) in [6.07, 6.45) is -8.61. The Labute approximate surface area is 136 Å². The summed E-state index contributed by atoms with van der Waals surface area (Å²) >= 11 is 0. The van der Waals surface area contributed by atoms with Gasteiger partial charge in [-0.15, -0.1) is 0 Å². The van der Waals surface area contributed by atoms with Crippen molar-refractivity contribution in [2.75, 3.05) is 5.75 Å². The van der Waals surface area contributed by atoms with E-state index in [4.69, 9.17) is 9.29 Å². The first-order valence-corrected chi connectivity index (χ1v) is 8.63. The molecule has 0 saturated heterocycles. The van der Waals surface area contributed by atoms with Crippen molar-refractivity contribution in [2.45, 2.75) is 18.4 Å². The Kier molecular flexibility index (Phi) is 4.15. The number of hydrogen-bond acceptors (Lipinski definition) is 3. The third kappa shape index (κ3) is 3.31. The average molecular weight is 358 g/mol. The van der Waals surface area contributed by atoms with Crippen LogP contribution in [0, 0.1) is 0 Å². The Hall–Kier alpha value is -1.90. The van der Waals surface area contributed by atoms with Gasteiger partial charge in [-0.05, 0) is 22.3 Å². The molecule has 1 atom stereocenters. The van der Waals surface area contributed by atoms with Crippen molar-refractivity contribution in [3.05, 3.63) is 59.7 Å². The molecular formula is C16H13F3O4S. The van der Waals surface area contributed by atoms with Crippen molar-refractivity contribution in [1.29, 1.82) is 0 Å². The SMILES string of the molecule is O=S(=O)(O)CC(OC1c2ccccc2-c2ccccc21)C(F)(F)F. The van der Waals surface area contributed by atoms with Crippen LogP contribution in [0.25, 0.3) is 11.1 Å². The molecule has 2 aromatic carbocycles. The van der Waals surface area contributed by atoms with Crippen LogP contribution >= 0.6 is 0 Å². The highest BCUT2D eigenvalue weighted by Gasteiger charge is 2.46. The smallest absolute Gasteiger partial charge is 0.355 e. The molecule has 0 heterocycles. The topological polar surface area (TPSA) is 63.6 Å². The number of halogens is 3. The molecule has 4 nitrogen and oxygen atoms in total. The van der Waals surface area contributed by atoms with Crippen LogP contribution in [-0.4, -0.2) is 31.0 Å². The zero-order valence-electron chi connectivity index (χ0n) is 12.2. The number of benzene rings is 2. The largest absolute Gasteiger partial charge is 0.415 e. The first kappa shape index (κ1) is 16.9. The van der Waals surface area contributed by atoms with Crippen molar-refractivity contribution in [2.24, 2.45) is 0 Å². The zero-order valence-corrected chi connectivity index (χ0v) is 13.0. The molecule has 0 saturated carbocycles. The van der Waals surface area contributed by atoms with Crippen molar-refractivity contribution in [3.8, 4) is 11.1 Å². The summed E-state index contributed by atoms with van der Waals surface area (Å²) in [6.45, 7) is 0. The highest BCUT2D eigenvalue weighted by molar-refractivity contribution is 7.85. The van der Waals surface area contributed by atoms with E-state index in [2.05, 4.69) is 0 Å². The molecule has 1 aliphatic rings. The third-order valence-corrected chi connectivity index (χ3v) is 4.53. The molecule has 0 aromatic heterocycles. The number of rotatable bonds is 4. The molecule has 1 unspecified atom stereocenters. The first-order chi connectivity index (χ1) is 11.2. The van der Waals surface area contributed by atoms with Crippen LogP contribution in [-0.2, 0) is 14.9 Å². The van der Waals surface area contributed by atoms with Gasteiger partial charge in [-0.2, -0.15) is 21.6 Å². The summed E-state index contributed by atoms with van der Waals surface area (Å²) in [4.78, 5) is 0. The lowest BCUT2D eigenvalue weighted by Crippen LogP contribution is -2.38. The summed E-state index contributed by atoms with van der Waals surface area (Å²) in [5, 5.41) is 0. The van der Waals surface area contributed by atoms with Gasteiger partial charge < -0.3 is 4.74 Å². The maximum absolute atomic E-state index is 13.2. The summed E-state index contributed by atoms with van der Waals surface area (Å²) in [5.74, 6) is -1.54. The molecule has 8 heteroatoms. The molecule has 3 rings (SSSR count). The van der Waals surface area contributed by atoms with Gasteiger partial charge in [-0.1, -0.05) is 48.5 Å². The van der Waals surface area contributed by atoms with Crippen LogP contribution in [0.2, 0.25) is 0 Å². The zero-order chi connectivity index (χ0) is 17.5. The average Bonchev–Trinajstić information content (AvgIpc) is 2.79. The molecule has 0 aliphatic heterocycles. The van der Waals surface area contributed by atoms with Crippen molar-refractivity contribution >= 4 is 10.1 Å². The fraction of sp³-hybridized carbons (Fsp3) is 0.250. The fourth-order valence-corrected chi connectivity index (χ4v) is 3.47. The molecule has 1 N–H and O–H groups in total. The maximum atomic E-state index is 13.2. The van der Waals surface area contributed by atoms with Gasteiger partial charge in [0.05, 0.1) is 0 Å². The van der Waals surface area contributed by atoms with Gasteiger partial charge in [0.15, 0.2) is 6.10 Å². The lowest BCUT2D eigenvalue weighted by Gasteiger charge is -2.24. The minimum atomic E-state index is -4.93. The van der Waals surface area contributed by atoms with E-state index in [1.54, 1.807) is 48.5 Å². The lowest BCUT2D eigenvalue weighted by atomic mass is 10.1. The summed E-state index contributed by atoms with van der Waals surface area (Å²) in [5.41, 5.74) is 2.54. The fourth-order valence-electron chi connectivity index (χ4n) is 2.82. The van der Waals surface area contributed by atoms with Gasteiger partial charge in [-0.25, -0.2) is 0 Å². The Morgan fingerprint density at radius 1 is 1.00 bits per heavy atom. The highest BCUT2D eigenvalue weighted by Crippen LogP contribution is 2.46. The predicted molar refractivity (Wildman–Crippen MR) is 81.1 cm³/mol. The number of fused-ring (bicyclic) bond motifs is 3. The lowest BCUT2D eigenvalue weighted by molar-refractivity contribution is -0.222. The second-order valence-electron chi connectivity index (χ2n) is 5.47. The molecule has 0 radical (unpaired) electrons. The van der Waals surface area contributed by atoms with Crippen molar-refractivity contribution < 1.29 is 30.9 Å². The Morgan fingerprint density at radius 3 is 1.88 bits per heavy atom. The van der Waals surface area contributed by atoms with Gasteiger partial charge in [0.1, 0.15) is 11.9 Å². The van der Waals surface area contributed by atoms with Crippen molar-refractivity contribution in [3.63, 3.8) is 0 Å². The van der Waals surface area contributed by atoms with Crippen LogP contribution in [0.5, 0.6) is 0 Å². The van der Waals surface area contributed by atoms with Crippen LogP contribution in [0.15, 0.2) is 48.5 Å². The number of hydrogen-bond donors (Lipinski definition) is 1. The van der Waals surface area contributed by atoms with Crippen LogP contribution in [0.3, 0.4) is 0 Å². The van der Waals surface area contributed by atoms with Gasteiger partial charge in [0, 0.05) is 0 Å². The third-order valence-electron chi connectivity index (χ3n) is 3.80. The van der Waals surface area contributed by atoms with Gasteiger partial charge >= 0.3 is 6.18 Å². The van der Waals surface area contributed by atoms with E-state index in [-0.39, 0.29) is 0 Å². The van der Waals surface area contributed by atoms with Crippen LogP contribution in [0.1, 0.15) is 17.2 Å². The highest BCUT2D eigenvalue weighted by atomic mass is 32.2. The van der Waals surface area contributed by atoms with E-state index in [9.17, 15) is 21.6 Å². The standard InChI is InChI=1S/C16H13F3O4S/c17-16(18,19)14(9-24(20,21)22)23-15-12-7-3-1-5-10(12)11-6-2-4-8-13(11)15/h1-8,14-15H,9H2,(H,20,21,22).